The molecule has 0 saturated carbocycles. The average molecular weight is 276 g/mol. The SMILES string of the molecule is CC[C@@H](C)NS(=O)(=O)c1ccc(CCCl)cc1. The van der Waals surface area contributed by atoms with Gasteiger partial charge in [0.25, 0.3) is 0 Å². The van der Waals surface area contributed by atoms with Crippen LogP contribution in [0.2, 0.25) is 0 Å². The molecular formula is C12H18ClNO2S. The fraction of sp³-hybridized carbons (Fsp3) is 0.500. The number of benzene rings is 1. The van der Waals surface area contributed by atoms with Gasteiger partial charge in [0.15, 0.2) is 0 Å². The lowest BCUT2D eigenvalue weighted by molar-refractivity contribution is 0.556. The van der Waals surface area contributed by atoms with Crippen LogP contribution < -0.4 is 4.72 Å². The van der Waals surface area contributed by atoms with Gasteiger partial charge in [-0.15, -0.1) is 11.6 Å². The first-order chi connectivity index (χ1) is 7.99. The van der Waals surface area contributed by atoms with Crippen molar-refractivity contribution in [2.75, 3.05) is 5.88 Å². The van der Waals surface area contributed by atoms with E-state index in [4.69, 9.17) is 11.6 Å². The van der Waals surface area contributed by atoms with Gasteiger partial charge in [0.2, 0.25) is 10.0 Å². The zero-order chi connectivity index (χ0) is 12.9. The minimum absolute atomic E-state index is 0.0532. The number of alkyl halides is 1. The van der Waals surface area contributed by atoms with Crippen molar-refractivity contribution in [3.8, 4) is 0 Å². The molecule has 1 aromatic rings. The lowest BCUT2D eigenvalue weighted by Crippen LogP contribution is -2.31. The molecule has 0 heterocycles. The maximum Gasteiger partial charge on any atom is 0.240 e. The van der Waals surface area contributed by atoms with Crippen LogP contribution in [0, 0.1) is 0 Å². The first kappa shape index (κ1) is 14.5. The lowest BCUT2D eigenvalue weighted by atomic mass is 10.2. The Labute approximate surface area is 108 Å². The van der Waals surface area contributed by atoms with E-state index in [1.165, 1.54) is 0 Å². The first-order valence-corrected chi connectivity index (χ1v) is 7.68. The normalized spacial score (nSPS) is 13.6. The fourth-order valence-electron chi connectivity index (χ4n) is 1.36. The van der Waals surface area contributed by atoms with Crippen molar-refractivity contribution in [1.29, 1.82) is 0 Å². The van der Waals surface area contributed by atoms with Crippen molar-refractivity contribution in [3.05, 3.63) is 29.8 Å². The molecule has 0 saturated heterocycles. The molecule has 0 radical (unpaired) electrons. The Morgan fingerprint density at radius 2 is 1.88 bits per heavy atom. The predicted molar refractivity (Wildman–Crippen MR) is 70.9 cm³/mol. The molecule has 0 spiro atoms. The topological polar surface area (TPSA) is 46.2 Å². The van der Waals surface area contributed by atoms with Crippen LogP contribution in [-0.4, -0.2) is 20.3 Å². The average Bonchev–Trinajstić information content (AvgIpc) is 2.29. The van der Waals surface area contributed by atoms with Crippen LogP contribution in [0.5, 0.6) is 0 Å². The lowest BCUT2D eigenvalue weighted by Gasteiger charge is -2.12. The van der Waals surface area contributed by atoms with Crippen molar-refractivity contribution >= 4 is 21.6 Å². The highest BCUT2D eigenvalue weighted by Gasteiger charge is 2.15. The van der Waals surface area contributed by atoms with Gasteiger partial charge in [0.05, 0.1) is 4.90 Å². The maximum absolute atomic E-state index is 11.9. The highest BCUT2D eigenvalue weighted by molar-refractivity contribution is 7.89. The molecule has 1 rings (SSSR count). The molecular weight excluding hydrogens is 258 g/mol. The first-order valence-electron chi connectivity index (χ1n) is 5.67. The third-order valence-electron chi connectivity index (χ3n) is 2.59. The van der Waals surface area contributed by atoms with Gasteiger partial charge in [-0.25, -0.2) is 13.1 Å². The number of rotatable bonds is 6. The Balaban J connectivity index is 2.85. The van der Waals surface area contributed by atoms with Gasteiger partial charge in [-0.2, -0.15) is 0 Å². The summed E-state index contributed by atoms with van der Waals surface area (Å²) in [4.78, 5) is 0.302. The molecule has 1 aromatic carbocycles. The molecule has 5 heteroatoms. The summed E-state index contributed by atoms with van der Waals surface area (Å²) < 4.78 is 26.5. The molecule has 0 bridgehead atoms. The highest BCUT2D eigenvalue weighted by Crippen LogP contribution is 2.12. The van der Waals surface area contributed by atoms with Crippen LogP contribution in [0.1, 0.15) is 25.8 Å². The molecule has 1 atom stereocenters. The molecule has 0 unspecified atom stereocenters. The molecule has 0 fully saturated rings. The van der Waals surface area contributed by atoms with E-state index in [-0.39, 0.29) is 6.04 Å². The van der Waals surface area contributed by atoms with Crippen LogP contribution in [-0.2, 0) is 16.4 Å². The van der Waals surface area contributed by atoms with Crippen molar-refractivity contribution < 1.29 is 8.42 Å². The van der Waals surface area contributed by atoms with E-state index in [9.17, 15) is 8.42 Å². The van der Waals surface area contributed by atoms with Gasteiger partial charge >= 0.3 is 0 Å². The van der Waals surface area contributed by atoms with Crippen molar-refractivity contribution in [2.24, 2.45) is 0 Å². The Kier molecular flexibility index (Phi) is 5.43. The third-order valence-corrected chi connectivity index (χ3v) is 4.38. The number of sulfonamides is 1. The van der Waals surface area contributed by atoms with E-state index < -0.39 is 10.0 Å². The van der Waals surface area contributed by atoms with Gasteiger partial charge in [-0.1, -0.05) is 19.1 Å². The Hall–Kier alpha value is -0.580. The number of aryl methyl sites for hydroxylation is 1. The van der Waals surface area contributed by atoms with E-state index >= 15 is 0 Å². The van der Waals surface area contributed by atoms with E-state index in [1.54, 1.807) is 24.3 Å². The Bertz CT molecular complexity index is 442. The monoisotopic (exact) mass is 275 g/mol. The number of nitrogens with one attached hydrogen (secondary N) is 1. The number of halogens is 1. The molecule has 96 valence electrons. The summed E-state index contributed by atoms with van der Waals surface area (Å²) in [5.41, 5.74) is 1.04. The summed E-state index contributed by atoms with van der Waals surface area (Å²) in [7, 11) is -3.39. The quantitative estimate of drug-likeness (QED) is 0.811. The molecule has 0 aliphatic carbocycles. The molecule has 3 nitrogen and oxygen atoms in total. The van der Waals surface area contributed by atoms with Gasteiger partial charge in [-0.05, 0) is 37.5 Å². The summed E-state index contributed by atoms with van der Waals surface area (Å²) in [5.74, 6) is 0.539. The summed E-state index contributed by atoms with van der Waals surface area (Å²) in [5, 5.41) is 0. The van der Waals surface area contributed by atoms with E-state index in [2.05, 4.69) is 4.72 Å². The van der Waals surface area contributed by atoms with Gasteiger partial charge in [0, 0.05) is 11.9 Å². The zero-order valence-electron chi connectivity index (χ0n) is 10.1. The van der Waals surface area contributed by atoms with Gasteiger partial charge in [0.1, 0.15) is 0 Å². The third kappa shape index (κ3) is 4.30. The second-order valence-corrected chi connectivity index (χ2v) is 6.11. The van der Waals surface area contributed by atoms with E-state index in [0.29, 0.717) is 10.8 Å². The van der Waals surface area contributed by atoms with Crippen LogP contribution >= 0.6 is 11.6 Å². The van der Waals surface area contributed by atoms with E-state index in [1.807, 2.05) is 13.8 Å². The maximum atomic E-state index is 11.9. The second-order valence-electron chi connectivity index (χ2n) is 4.01. The summed E-state index contributed by atoms with van der Waals surface area (Å²) >= 11 is 5.62. The van der Waals surface area contributed by atoms with E-state index in [0.717, 1.165) is 18.4 Å². The molecule has 0 aromatic heterocycles. The summed E-state index contributed by atoms with van der Waals surface area (Å²) in [6.45, 7) is 3.79. The smallest absolute Gasteiger partial charge is 0.208 e. The minimum atomic E-state index is -3.39. The highest BCUT2D eigenvalue weighted by atomic mass is 35.5. The van der Waals surface area contributed by atoms with Crippen LogP contribution in [0.15, 0.2) is 29.2 Å². The van der Waals surface area contributed by atoms with Crippen molar-refractivity contribution in [2.45, 2.75) is 37.6 Å². The second kappa shape index (κ2) is 6.38. The van der Waals surface area contributed by atoms with Crippen molar-refractivity contribution in [1.82, 2.24) is 4.72 Å². The standard InChI is InChI=1S/C12H18ClNO2S/c1-3-10(2)14-17(15,16)12-6-4-11(5-7-12)8-9-13/h4-7,10,14H,3,8-9H2,1-2H3/t10-/m1/s1. The largest absolute Gasteiger partial charge is 0.240 e. The van der Waals surface area contributed by atoms with Crippen LogP contribution in [0.3, 0.4) is 0 Å². The Morgan fingerprint density at radius 3 is 2.35 bits per heavy atom. The predicted octanol–water partition coefficient (Wildman–Crippen LogP) is 2.54. The summed E-state index contributed by atoms with van der Waals surface area (Å²) in [6, 6.07) is 6.78. The molecule has 0 aliphatic rings. The number of hydrogen-bond donors (Lipinski definition) is 1. The minimum Gasteiger partial charge on any atom is -0.208 e. The Morgan fingerprint density at radius 1 is 1.29 bits per heavy atom. The number of hydrogen-bond acceptors (Lipinski definition) is 2. The van der Waals surface area contributed by atoms with Gasteiger partial charge in [-0.3, -0.25) is 0 Å². The molecule has 1 N–H and O–H groups in total. The zero-order valence-corrected chi connectivity index (χ0v) is 11.7. The van der Waals surface area contributed by atoms with Crippen LogP contribution in [0.4, 0.5) is 0 Å². The van der Waals surface area contributed by atoms with Gasteiger partial charge < -0.3 is 0 Å². The summed E-state index contributed by atoms with van der Waals surface area (Å²) in [6.07, 6.45) is 1.52. The molecule has 17 heavy (non-hydrogen) atoms. The van der Waals surface area contributed by atoms with Crippen LogP contribution in [0.25, 0.3) is 0 Å². The molecule has 0 amide bonds. The van der Waals surface area contributed by atoms with Crippen molar-refractivity contribution in [3.63, 3.8) is 0 Å². The fourth-order valence-corrected chi connectivity index (χ4v) is 2.91. The molecule has 0 aliphatic heterocycles.